The van der Waals surface area contributed by atoms with Gasteiger partial charge in [0.2, 0.25) is 5.91 Å². The number of benzene rings is 1. The highest BCUT2D eigenvalue weighted by molar-refractivity contribution is 5.82. The summed E-state index contributed by atoms with van der Waals surface area (Å²) in [7, 11) is 2.03. The third-order valence-corrected chi connectivity index (χ3v) is 4.97. The summed E-state index contributed by atoms with van der Waals surface area (Å²) in [5, 5.41) is 10.3. The Labute approximate surface area is 143 Å². The second kappa shape index (κ2) is 7.18. The number of nitrogens with zero attached hydrogens (tertiary/aromatic N) is 2. The third-order valence-electron chi connectivity index (χ3n) is 4.97. The summed E-state index contributed by atoms with van der Waals surface area (Å²) in [6.45, 7) is 5.60. The zero-order chi connectivity index (χ0) is 17.1. The first-order valence-corrected chi connectivity index (χ1v) is 8.61. The number of carbonyl (C=O) groups excluding carboxylic acids is 1. The number of hydrogen-bond donors (Lipinski definition) is 2. The SMILES string of the molecule is Cc1n[nH]c(C)c1CCCNC(=O)C1Cc2ccccc2CN1C. The van der Waals surface area contributed by atoms with Gasteiger partial charge >= 0.3 is 0 Å². The minimum Gasteiger partial charge on any atom is -0.355 e. The van der Waals surface area contributed by atoms with Gasteiger partial charge in [-0.3, -0.25) is 14.8 Å². The Hall–Kier alpha value is -2.14. The monoisotopic (exact) mass is 326 g/mol. The molecule has 5 heteroatoms. The summed E-state index contributed by atoms with van der Waals surface area (Å²) in [6, 6.07) is 8.32. The van der Waals surface area contributed by atoms with Gasteiger partial charge in [-0.2, -0.15) is 5.10 Å². The van der Waals surface area contributed by atoms with Crippen LogP contribution < -0.4 is 5.32 Å². The van der Waals surface area contributed by atoms with Crippen LogP contribution in [0.4, 0.5) is 0 Å². The van der Waals surface area contributed by atoms with Gasteiger partial charge < -0.3 is 5.32 Å². The maximum atomic E-state index is 12.5. The molecule has 0 bridgehead atoms. The lowest BCUT2D eigenvalue weighted by Crippen LogP contribution is -2.48. The minimum absolute atomic E-state index is 0.0719. The number of rotatable bonds is 5. The maximum Gasteiger partial charge on any atom is 0.237 e. The van der Waals surface area contributed by atoms with Gasteiger partial charge in [-0.15, -0.1) is 0 Å². The van der Waals surface area contributed by atoms with Crippen LogP contribution in [0.25, 0.3) is 0 Å². The first kappa shape index (κ1) is 16.7. The Kier molecular flexibility index (Phi) is 5.00. The molecule has 2 aromatic rings. The standard InChI is InChI=1S/C19H26N4O/c1-13-17(14(2)22-21-13)9-6-10-20-19(24)18-11-15-7-4-5-8-16(15)12-23(18)3/h4-5,7-8,18H,6,9-12H2,1-3H3,(H,20,24)(H,21,22). The van der Waals surface area contributed by atoms with Crippen LogP contribution in [0.3, 0.4) is 0 Å². The van der Waals surface area contributed by atoms with E-state index in [1.54, 1.807) is 0 Å². The number of amides is 1. The summed E-state index contributed by atoms with van der Waals surface area (Å²) in [5.74, 6) is 0.132. The van der Waals surface area contributed by atoms with Crippen molar-refractivity contribution in [3.63, 3.8) is 0 Å². The van der Waals surface area contributed by atoms with Crippen LogP contribution in [-0.2, 0) is 24.2 Å². The van der Waals surface area contributed by atoms with Gasteiger partial charge in [0.25, 0.3) is 0 Å². The van der Waals surface area contributed by atoms with Crippen molar-refractivity contribution < 1.29 is 4.79 Å². The van der Waals surface area contributed by atoms with Crippen LogP contribution in [0, 0.1) is 13.8 Å². The van der Waals surface area contributed by atoms with Gasteiger partial charge in [-0.25, -0.2) is 0 Å². The number of likely N-dealkylation sites (N-methyl/N-ethyl adjacent to an activating group) is 1. The molecule has 0 radical (unpaired) electrons. The molecule has 1 aromatic heterocycles. The number of nitrogens with one attached hydrogen (secondary N) is 2. The van der Waals surface area contributed by atoms with Gasteiger partial charge in [0.15, 0.2) is 0 Å². The Balaban J connectivity index is 1.50. The first-order chi connectivity index (χ1) is 11.6. The summed E-state index contributed by atoms with van der Waals surface area (Å²) in [5.41, 5.74) is 6.08. The van der Waals surface area contributed by atoms with Crippen molar-refractivity contribution in [2.45, 2.75) is 45.7 Å². The van der Waals surface area contributed by atoms with Gasteiger partial charge in [0, 0.05) is 18.8 Å². The Morgan fingerprint density at radius 2 is 2.08 bits per heavy atom. The van der Waals surface area contributed by atoms with Crippen molar-refractivity contribution in [2.24, 2.45) is 0 Å². The van der Waals surface area contributed by atoms with E-state index < -0.39 is 0 Å². The van der Waals surface area contributed by atoms with E-state index in [1.165, 1.54) is 16.7 Å². The largest absolute Gasteiger partial charge is 0.355 e. The van der Waals surface area contributed by atoms with Crippen molar-refractivity contribution in [3.05, 3.63) is 52.3 Å². The quantitative estimate of drug-likeness (QED) is 0.828. The van der Waals surface area contributed by atoms with E-state index >= 15 is 0 Å². The predicted molar refractivity (Wildman–Crippen MR) is 94.8 cm³/mol. The van der Waals surface area contributed by atoms with E-state index in [2.05, 4.69) is 44.7 Å². The molecule has 1 amide bonds. The molecule has 1 unspecified atom stereocenters. The smallest absolute Gasteiger partial charge is 0.237 e. The molecule has 0 saturated carbocycles. The van der Waals surface area contributed by atoms with Crippen molar-refractivity contribution in [2.75, 3.05) is 13.6 Å². The van der Waals surface area contributed by atoms with E-state index in [9.17, 15) is 4.79 Å². The van der Waals surface area contributed by atoms with Crippen LogP contribution in [-0.4, -0.2) is 40.6 Å². The molecule has 0 spiro atoms. The summed E-state index contributed by atoms with van der Waals surface area (Å²) < 4.78 is 0. The molecule has 128 valence electrons. The lowest BCUT2D eigenvalue weighted by Gasteiger charge is -2.33. The number of carbonyl (C=O) groups is 1. The molecule has 0 fully saturated rings. The number of aryl methyl sites for hydroxylation is 2. The topological polar surface area (TPSA) is 61.0 Å². The van der Waals surface area contributed by atoms with Crippen molar-refractivity contribution in [1.29, 1.82) is 0 Å². The highest BCUT2D eigenvalue weighted by atomic mass is 16.2. The Morgan fingerprint density at radius 1 is 1.33 bits per heavy atom. The number of H-pyrrole nitrogens is 1. The van der Waals surface area contributed by atoms with Crippen molar-refractivity contribution in [1.82, 2.24) is 20.4 Å². The van der Waals surface area contributed by atoms with Gasteiger partial charge in [0.1, 0.15) is 0 Å². The number of hydrogen-bond acceptors (Lipinski definition) is 3. The molecule has 3 rings (SSSR count). The predicted octanol–water partition coefficient (Wildman–Crippen LogP) is 2.13. The third kappa shape index (κ3) is 3.51. The second-order valence-electron chi connectivity index (χ2n) is 6.71. The van der Waals surface area contributed by atoms with Crippen LogP contribution in [0.5, 0.6) is 0 Å². The zero-order valence-electron chi connectivity index (χ0n) is 14.7. The molecule has 5 nitrogen and oxygen atoms in total. The number of fused-ring (bicyclic) bond motifs is 1. The van der Waals surface area contributed by atoms with E-state index in [1.807, 2.05) is 20.9 Å². The van der Waals surface area contributed by atoms with Crippen LogP contribution in [0.2, 0.25) is 0 Å². The fraction of sp³-hybridized carbons (Fsp3) is 0.474. The minimum atomic E-state index is -0.0719. The molecule has 2 N–H and O–H groups in total. The van der Waals surface area contributed by atoms with Crippen LogP contribution >= 0.6 is 0 Å². The van der Waals surface area contributed by atoms with Crippen molar-refractivity contribution in [3.8, 4) is 0 Å². The summed E-state index contributed by atoms with van der Waals surface area (Å²) in [4.78, 5) is 14.7. The Bertz CT molecular complexity index is 702. The van der Waals surface area contributed by atoms with E-state index in [-0.39, 0.29) is 11.9 Å². The average Bonchev–Trinajstić information content (AvgIpc) is 2.89. The van der Waals surface area contributed by atoms with E-state index in [4.69, 9.17) is 0 Å². The first-order valence-electron chi connectivity index (χ1n) is 8.61. The highest BCUT2D eigenvalue weighted by Gasteiger charge is 2.28. The molecular weight excluding hydrogens is 300 g/mol. The molecule has 0 aliphatic carbocycles. The highest BCUT2D eigenvalue weighted by Crippen LogP contribution is 2.22. The van der Waals surface area contributed by atoms with Crippen LogP contribution in [0.1, 0.15) is 34.5 Å². The molecule has 1 aliphatic heterocycles. The number of aromatic nitrogens is 2. The van der Waals surface area contributed by atoms with Gasteiger partial charge in [0.05, 0.1) is 11.7 Å². The van der Waals surface area contributed by atoms with Crippen LogP contribution in [0.15, 0.2) is 24.3 Å². The summed E-state index contributed by atoms with van der Waals surface area (Å²) >= 11 is 0. The Morgan fingerprint density at radius 3 is 2.79 bits per heavy atom. The van der Waals surface area contributed by atoms with Gasteiger partial charge in [-0.05, 0) is 56.8 Å². The van der Waals surface area contributed by atoms with Crippen molar-refractivity contribution >= 4 is 5.91 Å². The molecule has 1 aromatic carbocycles. The average molecular weight is 326 g/mol. The molecular formula is C19H26N4O. The molecule has 1 atom stereocenters. The lowest BCUT2D eigenvalue weighted by atomic mass is 9.94. The zero-order valence-corrected chi connectivity index (χ0v) is 14.7. The van der Waals surface area contributed by atoms with E-state index in [0.717, 1.165) is 37.2 Å². The normalized spacial score (nSPS) is 17.5. The fourth-order valence-electron chi connectivity index (χ4n) is 3.48. The maximum absolute atomic E-state index is 12.5. The van der Waals surface area contributed by atoms with E-state index in [0.29, 0.717) is 6.54 Å². The number of aromatic amines is 1. The second-order valence-corrected chi connectivity index (χ2v) is 6.71. The lowest BCUT2D eigenvalue weighted by molar-refractivity contribution is -0.126. The summed E-state index contributed by atoms with van der Waals surface area (Å²) in [6.07, 6.45) is 2.66. The fourth-order valence-corrected chi connectivity index (χ4v) is 3.48. The molecule has 24 heavy (non-hydrogen) atoms. The molecule has 1 aliphatic rings. The van der Waals surface area contributed by atoms with Gasteiger partial charge in [-0.1, -0.05) is 24.3 Å². The molecule has 0 saturated heterocycles. The molecule has 2 heterocycles.